The van der Waals surface area contributed by atoms with E-state index < -0.39 is 11.8 Å². The summed E-state index contributed by atoms with van der Waals surface area (Å²) >= 11 is 0. The van der Waals surface area contributed by atoms with Crippen LogP contribution in [0.5, 0.6) is 0 Å². The van der Waals surface area contributed by atoms with Gasteiger partial charge in [0.25, 0.3) is 0 Å². The zero-order valence-electron chi connectivity index (χ0n) is 13.4. The quantitative estimate of drug-likeness (QED) is 0.407. The normalized spacial score (nSPS) is 11.2. The molecular formula is C18H26O3. The van der Waals surface area contributed by atoms with Gasteiger partial charge in [-0.25, -0.2) is 4.79 Å². The first kappa shape index (κ1) is 17.4. The van der Waals surface area contributed by atoms with E-state index in [1.807, 2.05) is 30.3 Å². The molecule has 0 bridgehead atoms. The van der Waals surface area contributed by atoms with E-state index in [1.165, 1.54) is 0 Å². The summed E-state index contributed by atoms with van der Waals surface area (Å²) in [7, 11) is 0. The fourth-order valence-corrected chi connectivity index (χ4v) is 2.02. The maximum absolute atomic E-state index is 11.6. The van der Waals surface area contributed by atoms with E-state index in [4.69, 9.17) is 4.74 Å². The van der Waals surface area contributed by atoms with Gasteiger partial charge in [0.2, 0.25) is 5.78 Å². The monoisotopic (exact) mass is 290 g/mol. The van der Waals surface area contributed by atoms with Crippen molar-refractivity contribution in [2.45, 2.75) is 59.5 Å². The zero-order chi connectivity index (χ0) is 15.7. The van der Waals surface area contributed by atoms with Crippen LogP contribution in [0.15, 0.2) is 30.3 Å². The molecule has 1 rings (SSSR count). The molecule has 1 aromatic rings. The molecule has 0 aliphatic rings. The molecule has 0 fully saturated rings. The Kier molecular flexibility index (Phi) is 7.13. The van der Waals surface area contributed by atoms with Gasteiger partial charge in [-0.05, 0) is 23.8 Å². The number of hydrogen-bond donors (Lipinski definition) is 0. The number of unbranched alkanes of at least 4 members (excludes halogenated alkanes) is 2. The average molecular weight is 290 g/mol. The molecule has 0 heterocycles. The van der Waals surface area contributed by atoms with Gasteiger partial charge in [0.1, 0.15) is 6.61 Å². The van der Waals surface area contributed by atoms with Crippen molar-refractivity contribution in [1.82, 2.24) is 0 Å². The van der Waals surface area contributed by atoms with E-state index >= 15 is 0 Å². The number of benzene rings is 1. The Morgan fingerprint density at radius 3 is 2.29 bits per heavy atom. The number of hydrogen-bond acceptors (Lipinski definition) is 3. The first-order valence-electron chi connectivity index (χ1n) is 7.62. The van der Waals surface area contributed by atoms with E-state index in [9.17, 15) is 9.59 Å². The van der Waals surface area contributed by atoms with Gasteiger partial charge in [-0.2, -0.15) is 0 Å². The predicted octanol–water partition coefficient (Wildman–Crippen LogP) is 4.30. The standard InChI is InChI=1S/C18H26O3/c1-18(2,3)13-9-5-8-12-16(19)17(20)21-14-15-10-6-4-7-11-15/h4,6-7,10-11H,5,8-9,12-14H2,1-3H3. The number of carbonyl (C=O) groups excluding carboxylic acids is 2. The maximum atomic E-state index is 11.6. The Balaban J connectivity index is 2.15. The summed E-state index contributed by atoms with van der Waals surface area (Å²) in [4.78, 5) is 23.2. The molecule has 3 heteroatoms. The van der Waals surface area contributed by atoms with Crippen LogP contribution in [0.2, 0.25) is 0 Å². The van der Waals surface area contributed by atoms with Crippen LogP contribution in [0.1, 0.15) is 58.4 Å². The lowest BCUT2D eigenvalue weighted by Gasteiger charge is -2.17. The highest BCUT2D eigenvalue weighted by Crippen LogP contribution is 2.22. The maximum Gasteiger partial charge on any atom is 0.374 e. The second-order valence-electron chi connectivity index (χ2n) is 6.61. The molecular weight excluding hydrogens is 264 g/mol. The van der Waals surface area contributed by atoms with Gasteiger partial charge in [0.15, 0.2) is 0 Å². The molecule has 0 saturated carbocycles. The van der Waals surface area contributed by atoms with E-state index in [-0.39, 0.29) is 13.0 Å². The summed E-state index contributed by atoms with van der Waals surface area (Å²) < 4.78 is 5.01. The zero-order valence-corrected chi connectivity index (χ0v) is 13.4. The van der Waals surface area contributed by atoms with Gasteiger partial charge in [-0.1, -0.05) is 63.9 Å². The SMILES string of the molecule is CC(C)(C)CCCCCC(=O)C(=O)OCc1ccccc1. The molecule has 0 N–H and O–H groups in total. The Bertz CT molecular complexity index is 443. The van der Waals surface area contributed by atoms with Gasteiger partial charge in [0.05, 0.1) is 0 Å². The molecule has 116 valence electrons. The van der Waals surface area contributed by atoms with Crippen LogP contribution in [0.3, 0.4) is 0 Å². The minimum Gasteiger partial charge on any atom is -0.455 e. The van der Waals surface area contributed by atoms with Crippen LogP contribution in [0.25, 0.3) is 0 Å². The van der Waals surface area contributed by atoms with Crippen LogP contribution >= 0.6 is 0 Å². The third-order valence-corrected chi connectivity index (χ3v) is 3.27. The Morgan fingerprint density at radius 1 is 1.00 bits per heavy atom. The second kappa shape index (κ2) is 8.60. The molecule has 0 saturated heterocycles. The number of ether oxygens (including phenoxy) is 1. The third-order valence-electron chi connectivity index (χ3n) is 3.27. The minimum absolute atomic E-state index is 0.162. The first-order valence-corrected chi connectivity index (χ1v) is 7.62. The van der Waals surface area contributed by atoms with E-state index in [2.05, 4.69) is 20.8 Å². The molecule has 0 amide bonds. The van der Waals surface area contributed by atoms with Crippen molar-refractivity contribution < 1.29 is 14.3 Å². The van der Waals surface area contributed by atoms with Crippen molar-refractivity contribution in [3.63, 3.8) is 0 Å². The Morgan fingerprint density at radius 2 is 1.67 bits per heavy atom. The first-order chi connectivity index (χ1) is 9.88. The van der Waals surface area contributed by atoms with Crippen LogP contribution in [0.4, 0.5) is 0 Å². The number of ketones is 1. The molecule has 0 aliphatic heterocycles. The van der Waals surface area contributed by atoms with E-state index in [1.54, 1.807) is 0 Å². The predicted molar refractivity (Wildman–Crippen MR) is 83.8 cm³/mol. The van der Waals surface area contributed by atoms with Gasteiger partial charge >= 0.3 is 5.97 Å². The van der Waals surface area contributed by atoms with Gasteiger partial charge in [-0.15, -0.1) is 0 Å². The summed E-state index contributed by atoms with van der Waals surface area (Å²) in [6.45, 7) is 6.78. The van der Waals surface area contributed by atoms with Crippen LogP contribution < -0.4 is 0 Å². The van der Waals surface area contributed by atoms with Crippen molar-refractivity contribution >= 4 is 11.8 Å². The van der Waals surface area contributed by atoms with Crippen molar-refractivity contribution in [3.05, 3.63) is 35.9 Å². The average Bonchev–Trinajstić information content (AvgIpc) is 2.44. The number of carbonyl (C=O) groups is 2. The summed E-state index contributed by atoms with van der Waals surface area (Å²) in [5.74, 6) is -1.13. The molecule has 0 unspecified atom stereocenters. The fourth-order valence-electron chi connectivity index (χ4n) is 2.02. The number of rotatable bonds is 8. The molecule has 0 aliphatic carbocycles. The molecule has 0 atom stereocenters. The highest BCUT2D eigenvalue weighted by Gasteiger charge is 2.15. The van der Waals surface area contributed by atoms with Crippen molar-refractivity contribution in [1.29, 1.82) is 0 Å². The topological polar surface area (TPSA) is 43.4 Å². The van der Waals surface area contributed by atoms with E-state index in [0.29, 0.717) is 5.41 Å². The fraction of sp³-hybridized carbons (Fsp3) is 0.556. The summed E-state index contributed by atoms with van der Waals surface area (Å²) in [6, 6.07) is 9.38. The van der Waals surface area contributed by atoms with Crippen LogP contribution in [-0.4, -0.2) is 11.8 Å². The van der Waals surface area contributed by atoms with Crippen molar-refractivity contribution in [3.8, 4) is 0 Å². The molecule has 0 radical (unpaired) electrons. The lowest BCUT2D eigenvalue weighted by atomic mass is 9.89. The number of Topliss-reactive ketones (excluding diaryl/α,β-unsaturated/α-hetero) is 1. The van der Waals surface area contributed by atoms with Gasteiger partial charge in [0, 0.05) is 6.42 Å². The molecule has 3 nitrogen and oxygen atoms in total. The molecule has 21 heavy (non-hydrogen) atoms. The summed E-state index contributed by atoms with van der Waals surface area (Å²) in [6.07, 6.45) is 4.26. The largest absolute Gasteiger partial charge is 0.455 e. The lowest BCUT2D eigenvalue weighted by molar-refractivity contribution is -0.154. The number of esters is 1. The van der Waals surface area contributed by atoms with Crippen molar-refractivity contribution in [2.24, 2.45) is 5.41 Å². The Hall–Kier alpha value is -1.64. The summed E-state index contributed by atoms with van der Waals surface area (Å²) in [5, 5.41) is 0. The van der Waals surface area contributed by atoms with Gasteiger partial charge in [-0.3, -0.25) is 4.79 Å². The molecule has 0 spiro atoms. The highest BCUT2D eigenvalue weighted by molar-refractivity contribution is 6.33. The third kappa shape index (κ3) is 8.28. The Labute approximate surface area is 127 Å². The smallest absolute Gasteiger partial charge is 0.374 e. The molecule has 0 aromatic heterocycles. The van der Waals surface area contributed by atoms with Crippen molar-refractivity contribution in [2.75, 3.05) is 0 Å². The molecule has 1 aromatic carbocycles. The van der Waals surface area contributed by atoms with Crippen LogP contribution in [-0.2, 0) is 20.9 Å². The minimum atomic E-state index is -0.713. The highest BCUT2D eigenvalue weighted by atomic mass is 16.5. The van der Waals surface area contributed by atoms with E-state index in [0.717, 1.165) is 31.2 Å². The summed E-state index contributed by atoms with van der Waals surface area (Å²) in [5.41, 5.74) is 1.22. The lowest BCUT2D eigenvalue weighted by Crippen LogP contribution is -2.17. The van der Waals surface area contributed by atoms with Gasteiger partial charge < -0.3 is 4.74 Å². The van der Waals surface area contributed by atoms with Crippen LogP contribution in [0, 0.1) is 5.41 Å². The second-order valence-corrected chi connectivity index (χ2v) is 6.61.